The summed E-state index contributed by atoms with van der Waals surface area (Å²) in [6, 6.07) is 4.61. The Labute approximate surface area is 121 Å². The monoisotopic (exact) mass is 314 g/mol. The number of pyridine rings is 1. The van der Waals surface area contributed by atoms with Gasteiger partial charge < -0.3 is 9.84 Å². The number of anilines is 1. The van der Waals surface area contributed by atoms with Crippen molar-refractivity contribution in [2.24, 2.45) is 0 Å². The zero-order valence-electron chi connectivity index (χ0n) is 10.7. The summed E-state index contributed by atoms with van der Waals surface area (Å²) in [5.74, 6) is 0.439. The molecule has 0 aromatic carbocycles. The highest BCUT2D eigenvalue weighted by molar-refractivity contribution is 7.94. The summed E-state index contributed by atoms with van der Waals surface area (Å²) >= 11 is 1.06. The van der Waals surface area contributed by atoms with Crippen molar-refractivity contribution in [3.63, 3.8) is 0 Å². The van der Waals surface area contributed by atoms with Crippen LogP contribution in [0.2, 0.25) is 0 Å². The molecule has 0 aliphatic rings. The molecule has 0 unspecified atom stereocenters. The van der Waals surface area contributed by atoms with E-state index in [0.717, 1.165) is 11.3 Å². The van der Waals surface area contributed by atoms with Gasteiger partial charge in [0.25, 0.3) is 10.0 Å². The van der Waals surface area contributed by atoms with Crippen LogP contribution in [0.25, 0.3) is 0 Å². The van der Waals surface area contributed by atoms with E-state index in [0.29, 0.717) is 23.7 Å². The van der Waals surface area contributed by atoms with Crippen molar-refractivity contribution < 1.29 is 18.3 Å². The number of thiophene rings is 1. The predicted octanol–water partition coefficient (Wildman–Crippen LogP) is 1.83. The molecule has 0 fully saturated rings. The molecule has 2 aromatic rings. The van der Waals surface area contributed by atoms with E-state index in [-0.39, 0.29) is 10.8 Å². The Kier molecular flexibility index (Phi) is 4.58. The molecule has 2 aromatic heterocycles. The lowest BCUT2D eigenvalue weighted by atomic mass is 10.4. The zero-order chi connectivity index (χ0) is 14.6. The largest absolute Gasteiger partial charge is 0.478 e. The zero-order valence-corrected chi connectivity index (χ0v) is 12.4. The van der Waals surface area contributed by atoms with Gasteiger partial charge in [0.2, 0.25) is 5.88 Å². The van der Waals surface area contributed by atoms with Crippen molar-refractivity contribution in [1.29, 1.82) is 0 Å². The molecule has 0 bridgehead atoms. The van der Waals surface area contributed by atoms with Crippen LogP contribution in [-0.4, -0.2) is 25.1 Å². The maximum absolute atomic E-state index is 12.1. The predicted molar refractivity (Wildman–Crippen MR) is 76.5 cm³/mol. The fourth-order valence-corrected chi connectivity index (χ4v) is 3.70. The third kappa shape index (κ3) is 3.47. The first-order valence-corrected chi connectivity index (χ1v) is 8.21. The van der Waals surface area contributed by atoms with Crippen LogP contribution in [0.3, 0.4) is 0 Å². The van der Waals surface area contributed by atoms with E-state index in [2.05, 4.69) is 9.71 Å². The minimum Gasteiger partial charge on any atom is -0.478 e. The van der Waals surface area contributed by atoms with E-state index in [1.54, 1.807) is 17.5 Å². The number of aliphatic hydroxyl groups excluding tert-OH is 1. The minimum absolute atomic E-state index is 0.149. The van der Waals surface area contributed by atoms with Crippen LogP contribution in [0.15, 0.2) is 34.0 Å². The van der Waals surface area contributed by atoms with E-state index in [1.807, 2.05) is 6.92 Å². The Morgan fingerprint density at radius 2 is 2.25 bits per heavy atom. The highest BCUT2D eigenvalue weighted by Crippen LogP contribution is 2.23. The van der Waals surface area contributed by atoms with Crippen LogP contribution in [0, 0.1) is 0 Å². The molecule has 20 heavy (non-hydrogen) atoms. The Balaban J connectivity index is 2.15. The maximum atomic E-state index is 12.1. The Morgan fingerprint density at radius 3 is 2.80 bits per heavy atom. The number of hydrogen-bond acceptors (Lipinski definition) is 6. The van der Waals surface area contributed by atoms with Crippen molar-refractivity contribution in [2.75, 3.05) is 11.3 Å². The summed E-state index contributed by atoms with van der Waals surface area (Å²) in [6.45, 7) is 2.15. The summed E-state index contributed by atoms with van der Waals surface area (Å²) in [4.78, 5) is 3.98. The van der Waals surface area contributed by atoms with Crippen molar-refractivity contribution in [3.8, 4) is 5.88 Å². The van der Waals surface area contributed by atoms with Gasteiger partial charge in [-0.15, -0.1) is 11.3 Å². The average Bonchev–Trinajstić information content (AvgIpc) is 2.91. The molecule has 0 aliphatic heterocycles. The van der Waals surface area contributed by atoms with Crippen molar-refractivity contribution in [3.05, 3.63) is 35.3 Å². The van der Waals surface area contributed by atoms with Crippen LogP contribution in [-0.2, 0) is 16.6 Å². The van der Waals surface area contributed by atoms with Gasteiger partial charge in [-0.25, -0.2) is 13.4 Å². The molecule has 6 nitrogen and oxygen atoms in total. The second kappa shape index (κ2) is 6.21. The van der Waals surface area contributed by atoms with Crippen molar-refractivity contribution >= 4 is 27.0 Å². The lowest BCUT2D eigenvalue weighted by Gasteiger charge is -2.06. The quantitative estimate of drug-likeness (QED) is 0.849. The Bertz CT molecular complexity index is 665. The SMILES string of the molecule is CCOc1ccc(NS(=O)(=O)c2cc(CO)cs2)cn1. The van der Waals surface area contributed by atoms with Crippen LogP contribution >= 0.6 is 11.3 Å². The van der Waals surface area contributed by atoms with E-state index < -0.39 is 10.0 Å². The van der Waals surface area contributed by atoms with Crippen molar-refractivity contribution in [2.45, 2.75) is 17.7 Å². The first-order valence-electron chi connectivity index (χ1n) is 5.85. The topological polar surface area (TPSA) is 88.5 Å². The molecule has 0 saturated carbocycles. The third-order valence-electron chi connectivity index (χ3n) is 2.36. The molecule has 0 aliphatic carbocycles. The standard InChI is InChI=1S/C12H14N2O4S2/c1-2-18-11-4-3-10(6-13-11)14-20(16,17)12-5-9(7-15)8-19-12/h3-6,8,14-15H,2,7H2,1H3. The third-order valence-corrected chi connectivity index (χ3v) is 5.23. The van der Waals surface area contributed by atoms with E-state index in [9.17, 15) is 8.42 Å². The van der Waals surface area contributed by atoms with Gasteiger partial charge in [-0.05, 0) is 30.0 Å². The van der Waals surface area contributed by atoms with Crippen molar-refractivity contribution in [1.82, 2.24) is 4.98 Å². The smallest absolute Gasteiger partial charge is 0.271 e. The summed E-state index contributed by atoms with van der Waals surface area (Å²) in [5.41, 5.74) is 0.924. The van der Waals surface area contributed by atoms with E-state index in [4.69, 9.17) is 9.84 Å². The van der Waals surface area contributed by atoms with Gasteiger partial charge in [0, 0.05) is 6.07 Å². The molecule has 0 atom stereocenters. The summed E-state index contributed by atoms with van der Waals surface area (Å²) < 4.78 is 32.0. The maximum Gasteiger partial charge on any atom is 0.271 e. The van der Waals surface area contributed by atoms with Gasteiger partial charge in [0.05, 0.1) is 25.1 Å². The molecular formula is C12H14N2O4S2. The minimum atomic E-state index is -3.65. The van der Waals surface area contributed by atoms with Gasteiger partial charge in [0.15, 0.2) is 0 Å². The lowest BCUT2D eigenvalue weighted by molar-refractivity contribution is 0.282. The Morgan fingerprint density at radius 1 is 1.45 bits per heavy atom. The molecule has 0 saturated heterocycles. The molecule has 0 radical (unpaired) electrons. The van der Waals surface area contributed by atoms with Gasteiger partial charge in [-0.3, -0.25) is 4.72 Å². The van der Waals surface area contributed by atoms with Crippen LogP contribution < -0.4 is 9.46 Å². The molecule has 108 valence electrons. The van der Waals surface area contributed by atoms with Crippen LogP contribution in [0.4, 0.5) is 5.69 Å². The number of rotatable bonds is 6. The molecule has 2 rings (SSSR count). The molecule has 0 amide bonds. The summed E-state index contributed by atoms with van der Waals surface area (Å²) in [6.07, 6.45) is 1.39. The normalized spacial score (nSPS) is 11.3. The number of aromatic nitrogens is 1. The van der Waals surface area contributed by atoms with Gasteiger partial charge in [0.1, 0.15) is 4.21 Å². The number of nitrogens with zero attached hydrogens (tertiary/aromatic N) is 1. The molecule has 8 heteroatoms. The molecule has 2 N–H and O–H groups in total. The molecule has 0 spiro atoms. The average molecular weight is 314 g/mol. The van der Waals surface area contributed by atoms with Gasteiger partial charge in [-0.2, -0.15) is 0 Å². The summed E-state index contributed by atoms with van der Waals surface area (Å²) in [7, 11) is -3.65. The van der Waals surface area contributed by atoms with Crippen LogP contribution in [0.1, 0.15) is 12.5 Å². The lowest BCUT2D eigenvalue weighted by Crippen LogP contribution is -2.11. The molecule has 2 heterocycles. The van der Waals surface area contributed by atoms with Gasteiger partial charge >= 0.3 is 0 Å². The second-order valence-electron chi connectivity index (χ2n) is 3.86. The summed E-state index contributed by atoms with van der Waals surface area (Å²) in [5, 5.41) is 10.6. The van der Waals surface area contributed by atoms with E-state index in [1.165, 1.54) is 12.3 Å². The fraction of sp³-hybridized carbons (Fsp3) is 0.250. The van der Waals surface area contributed by atoms with Crippen LogP contribution in [0.5, 0.6) is 5.88 Å². The number of ether oxygens (including phenoxy) is 1. The highest BCUT2D eigenvalue weighted by Gasteiger charge is 2.17. The second-order valence-corrected chi connectivity index (χ2v) is 6.68. The first kappa shape index (κ1) is 14.8. The number of aliphatic hydroxyl groups is 1. The molecular weight excluding hydrogens is 300 g/mol. The van der Waals surface area contributed by atoms with E-state index >= 15 is 0 Å². The van der Waals surface area contributed by atoms with Gasteiger partial charge in [-0.1, -0.05) is 0 Å². The fourth-order valence-electron chi connectivity index (χ4n) is 1.46. The highest BCUT2D eigenvalue weighted by atomic mass is 32.2. The number of nitrogens with one attached hydrogen (secondary N) is 1. The first-order chi connectivity index (χ1) is 9.55. The Hall–Kier alpha value is -1.64. The number of hydrogen-bond donors (Lipinski definition) is 2. The number of sulfonamides is 1.